The van der Waals surface area contributed by atoms with Gasteiger partial charge in [0.2, 0.25) is 0 Å². The second kappa shape index (κ2) is 7.21. The van der Waals surface area contributed by atoms with Crippen LogP contribution in [-0.4, -0.2) is 33.1 Å². The van der Waals surface area contributed by atoms with Crippen molar-refractivity contribution in [2.24, 2.45) is 0 Å². The number of carbonyl (C=O) groups is 2. The van der Waals surface area contributed by atoms with Crippen LogP contribution in [0.4, 0.5) is 4.79 Å². The number of carbonyl (C=O) groups excluding carboxylic acids is 2. The van der Waals surface area contributed by atoms with Gasteiger partial charge in [0.15, 0.2) is 6.04 Å². The first-order valence-electron chi connectivity index (χ1n) is 8.44. The van der Waals surface area contributed by atoms with E-state index < -0.39 is 18.0 Å². The van der Waals surface area contributed by atoms with Crippen LogP contribution >= 0.6 is 0 Å². The predicted octanol–water partition coefficient (Wildman–Crippen LogP) is 2.08. The summed E-state index contributed by atoms with van der Waals surface area (Å²) in [5, 5.41) is 14.8. The lowest BCUT2D eigenvalue weighted by molar-refractivity contribution is -0.119. The number of nitrogens with zero attached hydrogens (tertiary/aromatic N) is 2. The molecule has 1 aliphatic heterocycles. The number of pyridine rings is 2. The van der Waals surface area contributed by atoms with Crippen molar-refractivity contribution in [2.75, 3.05) is 0 Å². The van der Waals surface area contributed by atoms with Gasteiger partial charge >= 0.3 is 6.03 Å². The fourth-order valence-electron chi connectivity index (χ4n) is 2.72. The highest BCUT2D eigenvalue weighted by atomic mass is 16.3. The first-order valence-corrected chi connectivity index (χ1v) is 8.44. The molecule has 3 N–H and O–H groups in total. The Balaban J connectivity index is 1.59. The SMILES string of the molecule is O=C1NC(=O)C(C#Cc2ccc(-c3nc(-c4cccnc4)ccc3O)cc2)N1. The van der Waals surface area contributed by atoms with Crippen LogP contribution in [0, 0.1) is 11.8 Å². The molecule has 1 saturated heterocycles. The molecule has 0 spiro atoms. The third-order valence-electron chi connectivity index (χ3n) is 4.12. The largest absolute Gasteiger partial charge is 0.506 e. The Labute approximate surface area is 160 Å². The molecular formula is C21H14N4O3. The van der Waals surface area contributed by atoms with Crippen molar-refractivity contribution in [3.63, 3.8) is 0 Å². The van der Waals surface area contributed by atoms with Gasteiger partial charge in [-0.15, -0.1) is 0 Å². The Morgan fingerprint density at radius 3 is 2.50 bits per heavy atom. The van der Waals surface area contributed by atoms with Gasteiger partial charge in [-0.05, 0) is 36.4 Å². The standard InChI is InChI=1S/C21H14N4O3/c26-18-10-9-16(15-2-1-11-22-12-15)23-19(18)14-6-3-13(4-7-14)5-8-17-20(27)25-21(28)24-17/h1-4,6-7,9-12,17,26H,(H2,24,25,27,28). The summed E-state index contributed by atoms with van der Waals surface area (Å²) in [4.78, 5) is 31.2. The first-order chi connectivity index (χ1) is 13.6. The predicted molar refractivity (Wildman–Crippen MR) is 102 cm³/mol. The maximum absolute atomic E-state index is 11.5. The number of benzene rings is 1. The molecule has 3 aromatic rings. The molecule has 136 valence electrons. The lowest BCUT2D eigenvalue weighted by Gasteiger charge is -2.07. The van der Waals surface area contributed by atoms with E-state index in [9.17, 15) is 14.7 Å². The number of hydrogen-bond donors (Lipinski definition) is 3. The van der Waals surface area contributed by atoms with Gasteiger partial charge in [0, 0.05) is 29.1 Å². The van der Waals surface area contributed by atoms with Crippen LogP contribution in [0.25, 0.3) is 22.5 Å². The summed E-state index contributed by atoms with van der Waals surface area (Å²) in [6.45, 7) is 0. The molecule has 3 heterocycles. The molecule has 1 fully saturated rings. The number of aromatic hydroxyl groups is 1. The molecule has 1 atom stereocenters. The quantitative estimate of drug-likeness (QED) is 0.473. The molecule has 28 heavy (non-hydrogen) atoms. The minimum absolute atomic E-state index is 0.0665. The van der Waals surface area contributed by atoms with E-state index in [-0.39, 0.29) is 5.75 Å². The molecule has 0 radical (unpaired) electrons. The lowest BCUT2D eigenvalue weighted by Crippen LogP contribution is -2.26. The van der Waals surface area contributed by atoms with Crippen molar-refractivity contribution in [3.8, 4) is 40.1 Å². The summed E-state index contributed by atoms with van der Waals surface area (Å²) in [5.41, 5.74) is 3.39. The van der Waals surface area contributed by atoms with Crippen molar-refractivity contribution < 1.29 is 14.7 Å². The second-order valence-electron chi connectivity index (χ2n) is 6.05. The number of imide groups is 1. The van der Waals surface area contributed by atoms with Gasteiger partial charge in [-0.2, -0.15) is 0 Å². The molecule has 2 aromatic heterocycles. The van der Waals surface area contributed by atoms with Crippen molar-refractivity contribution >= 4 is 11.9 Å². The molecule has 7 heteroatoms. The topological polar surface area (TPSA) is 104 Å². The smallest absolute Gasteiger partial charge is 0.322 e. The lowest BCUT2D eigenvalue weighted by atomic mass is 10.1. The van der Waals surface area contributed by atoms with E-state index in [1.165, 1.54) is 0 Å². The van der Waals surface area contributed by atoms with Gasteiger partial charge in [-0.3, -0.25) is 15.1 Å². The summed E-state index contributed by atoms with van der Waals surface area (Å²) < 4.78 is 0. The Bertz CT molecular complexity index is 1120. The fraction of sp³-hybridized carbons (Fsp3) is 0.0476. The second-order valence-corrected chi connectivity index (χ2v) is 6.05. The Morgan fingerprint density at radius 1 is 1.00 bits per heavy atom. The first kappa shape index (κ1) is 17.2. The average molecular weight is 370 g/mol. The van der Waals surface area contributed by atoms with Crippen molar-refractivity contribution in [1.82, 2.24) is 20.6 Å². The third-order valence-corrected chi connectivity index (χ3v) is 4.12. The Hall–Kier alpha value is -4.18. The van der Waals surface area contributed by atoms with Gasteiger partial charge in [0.25, 0.3) is 5.91 Å². The molecule has 1 aliphatic rings. The van der Waals surface area contributed by atoms with Crippen LogP contribution in [0.15, 0.2) is 60.9 Å². The number of rotatable bonds is 2. The molecule has 0 aliphatic carbocycles. The van der Waals surface area contributed by atoms with Crippen molar-refractivity contribution in [2.45, 2.75) is 6.04 Å². The summed E-state index contributed by atoms with van der Waals surface area (Å²) in [5.74, 6) is 5.17. The zero-order chi connectivity index (χ0) is 19.5. The summed E-state index contributed by atoms with van der Waals surface area (Å²) in [6.07, 6.45) is 3.39. The molecule has 3 amide bonds. The van der Waals surface area contributed by atoms with E-state index in [0.29, 0.717) is 17.0 Å². The zero-order valence-electron chi connectivity index (χ0n) is 14.5. The monoisotopic (exact) mass is 370 g/mol. The molecule has 0 bridgehead atoms. The number of urea groups is 1. The maximum atomic E-state index is 11.5. The Morgan fingerprint density at radius 2 is 1.82 bits per heavy atom. The fourth-order valence-corrected chi connectivity index (χ4v) is 2.72. The molecule has 1 unspecified atom stereocenters. The van der Waals surface area contributed by atoms with Gasteiger partial charge < -0.3 is 10.4 Å². The van der Waals surface area contributed by atoms with E-state index >= 15 is 0 Å². The normalized spacial score (nSPS) is 15.4. The van der Waals surface area contributed by atoms with Crippen LogP contribution in [-0.2, 0) is 4.79 Å². The van der Waals surface area contributed by atoms with Gasteiger partial charge in [0.05, 0.1) is 5.69 Å². The highest BCUT2D eigenvalue weighted by Crippen LogP contribution is 2.30. The minimum atomic E-state index is -0.853. The van der Waals surface area contributed by atoms with Crippen LogP contribution in [0.3, 0.4) is 0 Å². The Kier molecular flexibility index (Phi) is 4.44. The van der Waals surface area contributed by atoms with E-state index in [2.05, 4.69) is 32.4 Å². The van der Waals surface area contributed by atoms with E-state index in [4.69, 9.17) is 0 Å². The molecule has 0 saturated carbocycles. The highest BCUT2D eigenvalue weighted by Gasteiger charge is 2.27. The van der Waals surface area contributed by atoms with Crippen LogP contribution in [0.1, 0.15) is 5.56 Å². The number of amides is 3. The third kappa shape index (κ3) is 3.52. The number of aromatic nitrogens is 2. The van der Waals surface area contributed by atoms with Crippen LogP contribution in [0.2, 0.25) is 0 Å². The summed E-state index contributed by atoms with van der Waals surface area (Å²) in [7, 11) is 0. The van der Waals surface area contributed by atoms with E-state index in [1.54, 1.807) is 48.8 Å². The maximum Gasteiger partial charge on any atom is 0.322 e. The van der Waals surface area contributed by atoms with Crippen molar-refractivity contribution in [3.05, 3.63) is 66.5 Å². The van der Waals surface area contributed by atoms with Gasteiger partial charge in [-0.25, -0.2) is 9.78 Å². The summed E-state index contributed by atoms with van der Waals surface area (Å²) >= 11 is 0. The average Bonchev–Trinajstić information content (AvgIpc) is 3.05. The van der Waals surface area contributed by atoms with Crippen molar-refractivity contribution in [1.29, 1.82) is 0 Å². The zero-order valence-corrected chi connectivity index (χ0v) is 14.5. The molecule has 4 rings (SSSR count). The van der Waals surface area contributed by atoms with E-state index in [0.717, 1.165) is 11.1 Å². The number of hydrogen-bond acceptors (Lipinski definition) is 5. The number of nitrogens with one attached hydrogen (secondary N) is 2. The summed E-state index contributed by atoms with van der Waals surface area (Å²) in [6, 6.07) is 12.7. The molecule has 7 nitrogen and oxygen atoms in total. The van der Waals surface area contributed by atoms with Crippen LogP contribution in [0.5, 0.6) is 5.75 Å². The molecular weight excluding hydrogens is 356 g/mol. The van der Waals surface area contributed by atoms with Gasteiger partial charge in [0.1, 0.15) is 11.4 Å². The van der Waals surface area contributed by atoms with Gasteiger partial charge in [-0.1, -0.05) is 24.0 Å². The minimum Gasteiger partial charge on any atom is -0.506 e. The molecule has 1 aromatic carbocycles. The van der Waals surface area contributed by atoms with E-state index in [1.807, 2.05) is 12.1 Å². The highest BCUT2D eigenvalue weighted by molar-refractivity contribution is 6.05. The van der Waals surface area contributed by atoms with Crippen LogP contribution < -0.4 is 10.6 Å².